The Hall–Kier alpha value is -3.60. The Morgan fingerprint density at radius 3 is 2.43 bits per heavy atom. The maximum absolute atomic E-state index is 13.5. The van der Waals surface area contributed by atoms with E-state index in [0.717, 1.165) is 40.4 Å². The maximum Gasteiger partial charge on any atom is 0.328 e. The average molecular weight is 403 g/mol. The van der Waals surface area contributed by atoms with Crippen LogP contribution in [0.15, 0.2) is 72.8 Å². The first-order chi connectivity index (χ1) is 14.4. The predicted molar refractivity (Wildman–Crippen MR) is 115 cm³/mol. The highest BCUT2D eigenvalue weighted by atomic mass is 19.1. The molecule has 152 valence electrons. The number of nitrogens with zero attached hydrogens (tertiary/aromatic N) is 1. The Labute approximate surface area is 174 Å². The van der Waals surface area contributed by atoms with Gasteiger partial charge in [-0.2, -0.15) is 0 Å². The second-order valence-electron chi connectivity index (χ2n) is 7.59. The second kappa shape index (κ2) is 7.67. The van der Waals surface area contributed by atoms with Gasteiger partial charge in [0.2, 0.25) is 0 Å². The number of phenols is 1. The minimum absolute atomic E-state index is 0.237. The zero-order valence-electron chi connectivity index (χ0n) is 16.5. The zero-order valence-corrected chi connectivity index (χ0v) is 16.5. The fourth-order valence-corrected chi connectivity index (χ4v) is 4.27. The number of halogens is 1. The molecular formula is C25H22FNO3. The molecular weight excluding hydrogens is 381 g/mol. The SMILES string of the molecule is C[C@@]1(c2ccc(/C=C/C(=O)O)cc2)c2ccc(O)cc2CCN1c1ccc(F)cc1. The minimum atomic E-state index is -0.991. The van der Waals surface area contributed by atoms with Gasteiger partial charge in [0.15, 0.2) is 0 Å². The summed E-state index contributed by atoms with van der Waals surface area (Å²) in [5, 5.41) is 18.8. The molecule has 4 nitrogen and oxygen atoms in total. The number of carboxylic acids is 1. The average Bonchev–Trinajstić information content (AvgIpc) is 2.73. The largest absolute Gasteiger partial charge is 0.508 e. The van der Waals surface area contributed by atoms with Crippen molar-refractivity contribution < 1.29 is 19.4 Å². The lowest BCUT2D eigenvalue weighted by molar-refractivity contribution is -0.131. The number of hydrogen-bond acceptors (Lipinski definition) is 3. The number of hydrogen-bond donors (Lipinski definition) is 2. The van der Waals surface area contributed by atoms with Crippen LogP contribution in [-0.2, 0) is 16.8 Å². The first-order valence-corrected chi connectivity index (χ1v) is 9.75. The van der Waals surface area contributed by atoms with Crippen LogP contribution in [0.4, 0.5) is 10.1 Å². The number of aromatic hydroxyl groups is 1. The molecule has 0 radical (unpaired) electrons. The molecule has 0 spiro atoms. The number of carbonyl (C=O) groups is 1. The number of benzene rings is 3. The fraction of sp³-hybridized carbons (Fsp3) is 0.160. The Balaban J connectivity index is 1.84. The quantitative estimate of drug-likeness (QED) is 0.605. The van der Waals surface area contributed by atoms with Gasteiger partial charge in [-0.05, 0) is 78.1 Å². The van der Waals surface area contributed by atoms with Crippen LogP contribution >= 0.6 is 0 Å². The summed E-state index contributed by atoms with van der Waals surface area (Å²) in [7, 11) is 0. The maximum atomic E-state index is 13.5. The lowest BCUT2D eigenvalue weighted by atomic mass is 9.76. The van der Waals surface area contributed by atoms with E-state index < -0.39 is 11.5 Å². The summed E-state index contributed by atoms with van der Waals surface area (Å²) in [5.74, 6) is -1.03. The third-order valence-electron chi connectivity index (χ3n) is 5.79. The summed E-state index contributed by atoms with van der Waals surface area (Å²) >= 11 is 0. The van der Waals surface area contributed by atoms with Crippen LogP contribution in [-0.4, -0.2) is 22.7 Å². The molecule has 1 aliphatic rings. The summed E-state index contributed by atoms with van der Waals surface area (Å²) in [5.41, 5.74) is 4.32. The van der Waals surface area contributed by atoms with Crippen LogP contribution in [0, 0.1) is 5.82 Å². The molecule has 3 aromatic carbocycles. The third kappa shape index (κ3) is 3.54. The highest BCUT2D eigenvalue weighted by Crippen LogP contribution is 2.44. The Kier molecular flexibility index (Phi) is 5.04. The number of phenolic OH excluding ortho intramolecular Hbond substituents is 1. The van der Waals surface area contributed by atoms with E-state index in [1.165, 1.54) is 12.1 Å². The van der Waals surface area contributed by atoms with E-state index in [9.17, 15) is 14.3 Å². The molecule has 4 rings (SSSR count). The van der Waals surface area contributed by atoms with Crippen molar-refractivity contribution in [1.29, 1.82) is 0 Å². The van der Waals surface area contributed by atoms with E-state index in [-0.39, 0.29) is 11.6 Å². The van der Waals surface area contributed by atoms with Gasteiger partial charge in [-0.25, -0.2) is 9.18 Å². The summed E-state index contributed by atoms with van der Waals surface area (Å²) in [6.07, 6.45) is 3.43. The van der Waals surface area contributed by atoms with Gasteiger partial charge < -0.3 is 15.1 Å². The summed E-state index contributed by atoms with van der Waals surface area (Å²) in [6.45, 7) is 2.83. The van der Waals surface area contributed by atoms with E-state index in [1.807, 2.05) is 30.3 Å². The predicted octanol–water partition coefficient (Wildman–Crippen LogP) is 4.96. The molecule has 3 aromatic rings. The van der Waals surface area contributed by atoms with Gasteiger partial charge in [-0.1, -0.05) is 30.3 Å². The monoisotopic (exact) mass is 403 g/mol. The van der Waals surface area contributed by atoms with Crippen molar-refractivity contribution in [2.75, 3.05) is 11.4 Å². The van der Waals surface area contributed by atoms with Crippen LogP contribution in [0.5, 0.6) is 5.75 Å². The van der Waals surface area contributed by atoms with E-state index >= 15 is 0 Å². The fourth-order valence-electron chi connectivity index (χ4n) is 4.27. The van der Waals surface area contributed by atoms with Crippen molar-refractivity contribution in [3.8, 4) is 5.75 Å². The van der Waals surface area contributed by atoms with E-state index in [2.05, 4.69) is 11.8 Å². The number of carboxylic acid groups (broad SMARTS) is 1. The summed E-state index contributed by atoms with van der Waals surface area (Å²) in [4.78, 5) is 13.0. The lowest BCUT2D eigenvalue weighted by Gasteiger charge is -2.48. The van der Waals surface area contributed by atoms with Crippen LogP contribution in [0.1, 0.15) is 29.2 Å². The van der Waals surface area contributed by atoms with Crippen LogP contribution in [0.2, 0.25) is 0 Å². The molecule has 1 atom stereocenters. The van der Waals surface area contributed by atoms with E-state index in [4.69, 9.17) is 5.11 Å². The summed E-state index contributed by atoms with van der Waals surface area (Å²) < 4.78 is 13.5. The standard InChI is InChI=1S/C25H22FNO3/c1-25(19-5-2-17(3-6-19)4-13-24(29)30)23-12-11-22(28)16-18(23)14-15-27(25)21-9-7-20(26)8-10-21/h2-13,16,28H,14-15H2,1H3,(H,29,30)/b13-4+/t25-/m1/s1. The molecule has 5 heteroatoms. The molecule has 1 aliphatic heterocycles. The van der Waals surface area contributed by atoms with Gasteiger partial charge in [-0.15, -0.1) is 0 Å². The summed E-state index contributed by atoms with van der Waals surface area (Å²) in [6, 6.07) is 19.7. The molecule has 0 amide bonds. The molecule has 2 N–H and O–H groups in total. The van der Waals surface area contributed by atoms with Gasteiger partial charge in [0.05, 0.1) is 5.54 Å². The molecule has 30 heavy (non-hydrogen) atoms. The molecule has 1 heterocycles. The number of aliphatic carboxylic acids is 1. The van der Waals surface area contributed by atoms with E-state index in [1.54, 1.807) is 30.3 Å². The van der Waals surface area contributed by atoms with E-state index in [0.29, 0.717) is 6.54 Å². The van der Waals surface area contributed by atoms with Crippen molar-refractivity contribution in [2.24, 2.45) is 0 Å². The smallest absolute Gasteiger partial charge is 0.328 e. The van der Waals surface area contributed by atoms with Gasteiger partial charge >= 0.3 is 5.97 Å². The molecule has 0 aromatic heterocycles. The van der Waals surface area contributed by atoms with Gasteiger partial charge in [0.1, 0.15) is 11.6 Å². The third-order valence-corrected chi connectivity index (χ3v) is 5.79. The molecule has 0 aliphatic carbocycles. The van der Waals surface area contributed by atoms with Crippen molar-refractivity contribution in [1.82, 2.24) is 0 Å². The van der Waals surface area contributed by atoms with Crippen molar-refractivity contribution >= 4 is 17.7 Å². The van der Waals surface area contributed by atoms with Crippen molar-refractivity contribution in [3.63, 3.8) is 0 Å². The molecule has 0 saturated heterocycles. The van der Waals surface area contributed by atoms with Crippen LogP contribution < -0.4 is 4.90 Å². The highest BCUT2D eigenvalue weighted by molar-refractivity contribution is 5.85. The Morgan fingerprint density at radius 1 is 1.07 bits per heavy atom. The Morgan fingerprint density at radius 2 is 1.77 bits per heavy atom. The lowest BCUT2D eigenvalue weighted by Crippen LogP contribution is -2.49. The minimum Gasteiger partial charge on any atom is -0.508 e. The number of anilines is 1. The number of rotatable bonds is 4. The first-order valence-electron chi connectivity index (χ1n) is 9.75. The van der Waals surface area contributed by atoms with Crippen molar-refractivity contribution in [2.45, 2.75) is 18.9 Å². The zero-order chi connectivity index (χ0) is 21.3. The molecule has 0 fully saturated rings. The highest BCUT2D eigenvalue weighted by Gasteiger charge is 2.40. The molecule has 0 bridgehead atoms. The number of fused-ring (bicyclic) bond motifs is 1. The topological polar surface area (TPSA) is 60.8 Å². The normalized spacial score (nSPS) is 18.4. The first kappa shape index (κ1) is 19.7. The second-order valence-corrected chi connectivity index (χ2v) is 7.59. The van der Waals surface area contributed by atoms with Crippen molar-refractivity contribution in [3.05, 3.63) is 101 Å². The van der Waals surface area contributed by atoms with Crippen LogP contribution in [0.3, 0.4) is 0 Å². The van der Waals surface area contributed by atoms with Gasteiger partial charge in [-0.3, -0.25) is 0 Å². The molecule has 0 unspecified atom stereocenters. The van der Waals surface area contributed by atoms with Gasteiger partial charge in [0.25, 0.3) is 0 Å². The molecule has 0 saturated carbocycles. The van der Waals surface area contributed by atoms with Gasteiger partial charge in [0, 0.05) is 18.3 Å². The Bertz CT molecular complexity index is 1110. The van der Waals surface area contributed by atoms with Crippen LogP contribution in [0.25, 0.3) is 6.08 Å².